The summed E-state index contributed by atoms with van der Waals surface area (Å²) in [6, 6.07) is 0. The van der Waals surface area contributed by atoms with Crippen LogP contribution in [0.3, 0.4) is 0 Å². The van der Waals surface area contributed by atoms with Crippen molar-refractivity contribution < 1.29 is 13.8 Å². The molecule has 0 N–H and O–H groups in total. The Balaban J connectivity index is 4.86. The van der Waals surface area contributed by atoms with Gasteiger partial charge >= 0.3 is 0 Å². The largest absolute Gasteiger partial charge is 0.479 e. The molecular formula is C14H30NO3PS. The van der Waals surface area contributed by atoms with Gasteiger partial charge < -0.3 is 18.7 Å². The van der Waals surface area contributed by atoms with Crippen LogP contribution >= 0.6 is 6.49 Å². The fourth-order valence-electron chi connectivity index (χ4n) is 1.35. The van der Waals surface area contributed by atoms with Gasteiger partial charge in [0.1, 0.15) is 0 Å². The quantitative estimate of drug-likeness (QED) is 0.303. The van der Waals surface area contributed by atoms with E-state index in [1.807, 2.05) is 31.7 Å². The number of hydrogen-bond acceptors (Lipinski definition) is 5. The molecule has 6 heteroatoms. The summed E-state index contributed by atoms with van der Waals surface area (Å²) in [4.78, 5) is 1.90. The van der Waals surface area contributed by atoms with E-state index in [4.69, 9.17) is 25.6 Å². The summed E-state index contributed by atoms with van der Waals surface area (Å²) in [5.74, 6) is 2.58. The van der Waals surface area contributed by atoms with Gasteiger partial charge in [-0.25, -0.2) is 0 Å². The molecule has 0 aromatic heterocycles. The lowest BCUT2D eigenvalue weighted by Gasteiger charge is -2.23. The first-order valence-corrected chi connectivity index (χ1v) is 10.1. The molecule has 0 rings (SSSR count). The standard InChI is InChI=1S/C14H30NO3PS/c1-6-9-11-17-19(20,18-12-10-7-2)13-14(15(4)5)16-8-3/h13H,6-12H2,1-5H3/b14-13+. The zero-order valence-electron chi connectivity index (χ0n) is 13.6. The van der Waals surface area contributed by atoms with E-state index < -0.39 is 6.49 Å². The Bertz CT molecular complexity index is 308. The topological polar surface area (TPSA) is 30.9 Å². The zero-order valence-corrected chi connectivity index (χ0v) is 15.3. The van der Waals surface area contributed by atoms with E-state index in [2.05, 4.69) is 13.8 Å². The number of ether oxygens (including phenoxy) is 1. The van der Waals surface area contributed by atoms with E-state index in [9.17, 15) is 0 Å². The average molecular weight is 323 g/mol. The molecule has 20 heavy (non-hydrogen) atoms. The Labute approximate surface area is 129 Å². The lowest BCUT2D eigenvalue weighted by Crippen LogP contribution is -2.14. The lowest BCUT2D eigenvalue weighted by molar-refractivity contribution is 0.151. The molecule has 0 aromatic rings. The van der Waals surface area contributed by atoms with Crippen molar-refractivity contribution in [3.8, 4) is 0 Å². The maximum atomic E-state index is 5.86. The van der Waals surface area contributed by atoms with Crippen molar-refractivity contribution in [3.63, 3.8) is 0 Å². The highest BCUT2D eigenvalue weighted by molar-refractivity contribution is 8.11. The summed E-state index contributed by atoms with van der Waals surface area (Å²) in [7, 11) is 3.86. The summed E-state index contributed by atoms with van der Waals surface area (Å²) in [6.07, 6.45) is 4.16. The second-order valence-electron chi connectivity index (χ2n) is 4.71. The minimum absolute atomic E-state index is 0.600. The van der Waals surface area contributed by atoms with E-state index >= 15 is 0 Å². The molecule has 0 aliphatic carbocycles. The Morgan fingerprint density at radius 1 is 1.05 bits per heavy atom. The van der Waals surface area contributed by atoms with Crippen molar-refractivity contribution >= 4 is 18.3 Å². The van der Waals surface area contributed by atoms with Gasteiger partial charge in [0.2, 0.25) is 6.49 Å². The van der Waals surface area contributed by atoms with Crippen LogP contribution in [0.25, 0.3) is 0 Å². The van der Waals surface area contributed by atoms with Gasteiger partial charge in [-0.05, 0) is 31.6 Å². The van der Waals surface area contributed by atoms with Crippen molar-refractivity contribution in [3.05, 3.63) is 11.7 Å². The predicted octanol–water partition coefficient (Wildman–Crippen LogP) is 4.33. The first-order chi connectivity index (χ1) is 9.49. The van der Waals surface area contributed by atoms with E-state index in [0.29, 0.717) is 19.8 Å². The molecule has 0 spiro atoms. The molecule has 0 saturated carbocycles. The first kappa shape index (κ1) is 19.9. The SMILES string of the molecule is CCCCOP(=S)(/C=C(/OCC)N(C)C)OCCCC. The Hall–Kier alpha value is -0.0900. The van der Waals surface area contributed by atoms with E-state index in [1.54, 1.807) is 0 Å². The maximum absolute atomic E-state index is 5.86. The van der Waals surface area contributed by atoms with Crippen LogP contribution in [0, 0.1) is 0 Å². The summed E-state index contributed by atoms with van der Waals surface area (Å²) in [5.41, 5.74) is 0. The van der Waals surface area contributed by atoms with Crippen LogP contribution in [0.1, 0.15) is 46.5 Å². The summed E-state index contributed by atoms with van der Waals surface area (Å²) in [5, 5.41) is 0. The van der Waals surface area contributed by atoms with Crippen LogP contribution in [0.2, 0.25) is 0 Å². The minimum atomic E-state index is -2.41. The van der Waals surface area contributed by atoms with Gasteiger partial charge in [-0.15, -0.1) is 0 Å². The predicted molar refractivity (Wildman–Crippen MR) is 89.4 cm³/mol. The van der Waals surface area contributed by atoms with E-state index in [-0.39, 0.29) is 0 Å². The molecule has 4 nitrogen and oxygen atoms in total. The molecule has 0 amide bonds. The summed E-state index contributed by atoms with van der Waals surface area (Å²) < 4.78 is 17.3. The van der Waals surface area contributed by atoms with Gasteiger partial charge in [0.05, 0.1) is 25.6 Å². The fraction of sp³-hybridized carbons (Fsp3) is 0.857. The Kier molecular flexibility index (Phi) is 11.5. The van der Waals surface area contributed by atoms with Gasteiger partial charge in [0.25, 0.3) is 0 Å². The molecule has 120 valence electrons. The van der Waals surface area contributed by atoms with E-state index in [1.165, 1.54) is 0 Å². The van der Waals surface area contributed by atoms with Crippen molar-refractivity contribution in [2.24, 2.45) is 0 Å². The van der Waals surface area contributed by atoms with Gasteiger partial charge in [-0.2, -0.15) is 0 Å². The molecular weight excluding hydrogens is 293 g/mol. The first-order valence-electron chi connectivity index (χ1n) is 7.40. The van der Waals surface area contributed by atoms with Gasteiger partial charge in [-0.1, -0.05) is 26.7 Å². The Morgan fingerprint density at radius 2 is 1.55 bits per heavy atom. The highest BCUT2D eigenvalue weighted by Gasteiger charge is 2.19. The van der Waals surface area contributed by atoms with Gasteiger partial charge in [-0.3, -0.25) is 0 Å². The molecule has 0 saturated heterocycles. The van der Waals surface area contributed by atoms with Gasteiger partial charge in [0.15, 0.2) is 5.88 Å². The zero-order chi connectivity index (χ0) is 15.4. The normalized spacial score (nSPS) is 12.6. The van der Waals surface area contributed by atoms with Crippen LogP contribution in [0.15, 0.2) is 11.7 Å². The van der Waals surface area contributed by atoms with Crippen molar-refractivity contribution in [1.82, 2.24) is 4.90 Å². The minimum Gasteiger partial charge on any atom is -0.479 e. The highest BCUT2D eigenvalue weighted by atomic mass is 32.5. The van der Waals surface area contributed by atoms with Crippen molar-refractivity contribution in [2.45, 2.75) is 46.5 Å². The molecule has 0 unspecified atom stereocenters. The van der Waals surface area contributed by atoms with Crippen LogP contribution in [0.4, 0.5) is 0 Å². The van der Waals surface area contributed by atoms with Crippen molar-refractivity contribution in [1.29, 1.82) is 0 Å². The molecule has 0 heterocycles. The Morgan fingerprint density at radius 3 is 1.90 bits per heavy atom. The third-order valence-electron chi connectivity index (χ3n) is 2.54. The van der Waals surface area contributed by atoms with Crippen LogP contribution in [0.5, 0.6) is 0 Å². The molecule has 0 bridgehead atoms. The van der Waals surface area contributed by atoms with Crippen LogP contribution < -0.4 is 0 Å². The summed E-state index contributed by atoms with van der Waals surface area (Å²) >= 11 is 5.62. The van der Waals surface area contributed by atoms with Crippen molar-refractivity contribution in [2.75, 3.05) is 33.9 Å². The number of rotatable bonds is 12. The molecule has 0 aliphatic heterocycles. The molecule has 0 aromatic carbocycles. The monoisotopic (exact) mass is 323 g/mol. The average Bonchev–Trinajstić information content (AvgIpc) is 2.39. The molecule has 0 aliphatic rings. The number of hydrogen-bond donors (Lipinski definition) is 0. The third kappa shape index (κ3) is 8.96. The second kappa shape index (κ2) is 11.6. The van der Waals surface area contributed by atoms with Crippen LogP contribution in [-0.2, 0) is 25.6 Å². The van der Waals surface area contributed by atoms with E-state index in [0.717, 1.165) is 31.6 Å². The van der Waals surface area contributed by atoms with Gasteiger partial charge in [0, 0.05) is 14.1 Å². The fourth-order valence-corrected chi connectivity index (χ4v) is 3.63. The number of nitrogens with zero attached hydrogens (tertiary/aromatic N) is 1. The molecule has 0 radical (unpaired) electrons. The number of unbranched alkanes of at least 4 members (excludes halogenated alkanes) is 2. The third-order valence-corrected chi connectivity index (χ3v) is 5.11. The van der Waals surface area contributed by atoms with Crippen LogP contribution in [-0.4, -0.2) is 38.8 Å². The molecule has 0 fully saturated rings. The summed E-state index contributed by atoms with van der Waals surface area (Å²) in [6.45, 7) is 5.69. The smallest absolute Gasteiger partial charge is 0.217 e. The maximum Gasteiger partial charge on any atom is 0.217 e. The molecule has 0 atom stereocenters. The second-order valence-corrected chi connectivity index (χ2v) is 8.09. The highest BCUT2D eigenvalue weighted by Crippen LogP contribution is 2.51. The lowest BCUT2D eigenvalue weighted by atomic mass is 10.4.